The van der Waals surface area contributed by atoms with Crippen LogP contribution in [0, 0.1) is 5.92 Å². The van der Waals surface area contributed by atoms with Crippen LogP contribution in [0.2, 0.25) is 0 Å². The standard InChI is InChI=1S/C18H26N2O/c1-4-16(10-9-14(2)3)21-20-12-11-15-13-19-18-8-6-5-7-17(15)18/h5-8,10,13-14,19-20H,4,9,11-12H2,1-3H3/b16-10+. The zero-order chi connectivity index (χ0) is 15.1. The van der Waals surface area contributed by atoms with Gasteiger partial charge in [0.1, 0.15) is 5.76 Å². The van der Waals surface area contributed by atoms with Gasteiger partial charge in [-0.25, -0.2) is 0 Å². The second-order valence-corrected chi connectivity index (χ2v) is 5.76. The van der Waals surface area contributed by atoms with Gasteiger partial charge in [-0.1, -0.05) is 39.0 Å². The summed E-state index contributed by atoms with van der Waals surface area (Å²) >= 11 is 0. The lowest BCUT2D eigenvalue weighted by Gasteiger charge is -2.10. The highest BCUT2D eigenvalue weighted by molar-refractivity contribution is 5.83. The van der Waals surface area contributed by atoms with E-state index in [1.54, 1.807) is 0 Å². The van der Waals surface area contributed by atoms with E-state index in [9.17, 15) is 0 Å². The first-order valence-corrected chi connectivity index (χ1v) is 7.84. The maximum Gasteiger partial charge on any atom is 0.120 e. The van der Waals surface area contributed by atoms with Crippen molar-refractivity contribution in [3.63, 3.8) is 0 Å². The Morgan fingerprint density at radius 2 is 2.14 bits per heavy atom. The minimum absolute atomic E-state index is 0.668. The number of fused-ring (bicyclic) bond motifs is 1. The fourth-order valence-corrected chi connectivity index (χ4v) is 2.29. The Labute approximate surface area is 127 Å². The number of aromatic nitrogens is 1. The van der Waals surface area contributed by atoms with E-state index in [4.69, 9.17) is 4.84 Å². The van der Waals surface area contributed by atoms with Crippen LogP contribution in [0.1, 0.15) is 39.2 Å². The molecule has 0 saturated heterocycles. The summed E-state index contributed by atoms with van der Waals surface area (Å²) in [5.74, 6) is 1.70. The number of nitrogens with one attached hydrogen (secondary N) is 2. The minimum atomic E-state index is 0.668. The third-order valence-electron chi connectivity index (χ3n) is 3.54. The van der Waals surface area contributed by atoms with Gasteiger partial charge >= 0.3 is 0 Å². The Morgan fingerprint density at radius 1 is 1.33 bits per heavy atom. The molecule has 0 aliphatic rings. The average molecular weight is 286 g/mol. The number of rotatable bonds is 8. The number of allylic oxidation sites excluding steroid dienone is 2. The summed E-state index contributed by atoms with van der Waals surface area (Å²) < 4.78 is 0. The first kappa shape index (κ1) is 15.6. The quantitative estimate of drug-likeness (QED) is 0.423. The molecule has 3 heteroatoms. The number of hydroxylamine groups is 1. The van der Waals surface area contributed by atoms with Crippen LogP contribution in [0.3, 0.4) is 0 Å². The molecule has 1 aromatic heterocycles. The molecule has 1 heterocycles. The van der Waals surface area contributed by atoms with Gasteiger partial charge in [0.25, 0.3) is 0 Å². The van der Waals surface area contributed by atoms with Crippen LogP contribution >= 0.6 is 0 Å². The number of benzene rings is 1. The Balaban J connectivity index is 1.80. The van der Waals surface area contributed by atoms with Crippen molar-refractivity contribution in [3.8, 4) is 0 Å². The molecule has 1 aromatic carbocycles. The smallest absolute Gasteiger partial charge is 0.120 e. The van der Waals surface area contributed by atoms with Crippen LogP contribution in [0.4, 0.5) is 0 Å². The van der Waals surface area contributed by atoms with Gasteiger partial charge in [-0.05, 0) is 36.5 Å². The number of hydrogen-bond donors (Lipinski definition) is 2. The molecule has 0 aliphatic carbocycles. The lowest BCUT2D eigenvalue weighted by molar-refractivity contribution is 0.0998. The van der Waals surface area contributed by atoms with E-state index in [0.29, 0.717) is 5.92 Å². The Kier molecular flexibility index (Phi) is 5.88. The molecule has 2 rings (SSSR count). The second-order valence-electron chi connectivity index (χ2n) is 5.76. The predicted octanol–water partition coefficient (Wildman–Crippen LogP) is 4.57. The van der Waals surface area contributed by atoms with E-state index in [1.807, 2.05) is 0 Å². The Hall–Kier alpha value is -1.74. The Bertz CT molecular complexity index is 584. The van der Waals surface area contributed by atoms with Crippen molar-refractivity contribution in [1.82, 2.24) is 10.5 Å². The lowest BCUT2D eigenvalue weighted by Crippen LogP contribution is -2.17. The van der Waals surface area contributed by atoms with E-state index in [-0.39, 0.29) is 0 Å². The highest BCUT2D eigenvalue weighted by Gasteiger charge is 2.03. The Morgan fingerprint density at radius 3 is 2.90 bits per heavy atom. The van der Waals surface area contributed by atoms with Crippen molar-refractivity contribution >= 4 is 10.9 Å². The van der Waals surface area contributed by atoms with Crippen LogP contribution in [0.25, 0.3) is 10.9 Å². The number of H-pyrrole nitrogens is 1. The van der Waals surface area contributed by atoms with Crippen LogP contribution in [0.15, 0.2) is 42.3 Å². The number of para-hydroxylation sites is 1. The molecule has 0 spiro atoms. The van der Waals surface area contributed by atoms with Crippen molar-refractivity contribution in [1.29, 1.82) is 0 Å². The van der Waals surface area contributed by atoms with Crippen LogP contribution < -0.4 is 5.48 Å². The topological polar surface area (TPSA) is 37.0 Å². The van der Waals surface area contributed by atoms with Crippen molar-refractivity contribution in [2.75, 3.05) is 6.54 Å². The van der Waals surface area contributed by atoms with Gasteiger partial charge < -0.3 is 9.82 Å². The molecule has 0 aliphatic heterocycles. The maximum atomic E-state index is 5.65. The van der Waals surface area contributed by atoms with Crippen molar-refractivity contribution in [2.24, 2.45) is 5.92 Å². The van der Waals surface area contributed by atoms with Crippen molar-refractivity contribution in [2.45, 2.75) is 40.0 Å². The van der Waals surface area contributed by atoms with Crippen LogP contribution in [-0.4, -0.2) is 11.5 Å². The monoisotopic (exact) mass is 286 g/mol. The van der Waals surface area contributed by atoms with E-state index in [1.165, 1.54) is 16.5 Å². The summed E-state index contributed by atoms with van der Waals surface area (Å²) in [5, 5.41) is 1.30. The number of aromatic amines is 1. The van der Waals surface area contributed by atoms with Crippen molar-refractivity contribution < 1.29 is 4.84 Å². The van der Waals surface area contributed by atoms with Crippen molar-refractivity contribution in [3.05, 3.63) is 47.9 Å². The molecular weight excluding hydrogens is 260 g/mol. The number of hydrogen-bond acceptors (Lipinski definition) is 2. The second kappa shape index (κ2) is 7.89. The zero-order valence-corrected chi connectivity index (χ0v) is 13.3. The fourth-order valence-electron chi connectivity index (χ4n) is 2.29. The third kappa shape index (κ3) is 4.64. The molecule has 0 saturated carbocycles. The van der Waals surface area contributed by atoms with E-state index >= 15 is 0 Å². The lowest BCUT2D eigenvalue weighted by atomic mass is 10.1. The predicted molar refractivity (Wildman–Crippen MR) is 88.9 cm³/mol. The average Bonchev–Trinajstić information content (AvgIpc) is 2.90. The molecule has 0 fully saturated rings. The summed E-state index contributed by atoms with van der Waals surface area (Å²) in [4.78, 5) is 8.95. The largest absolute Gasteiger partial charge is 0.414 e. The summed E-state index contributed by atoms with van der Waals surface area (Å²) in [6.45, 7) is 7.36. The highest BCUT2D eigenvalue weighted by Crippen LogP contribution is 2.17. The molecule has 0 atom stereocenters. The molecule has 0 radical (unpaired) electrons. The SMILES string of the molecule is CC/C(=C\CC(C)C)ONCCc1c[nH]c2ccccc12. The van der Waals surface area contributed by atoms with Gasteiger partial charge in [0.2, 0.25) is 0 Å². The molecule has 2 aromatic rings. The minimum Gasteiger partial charge on any atom is -0.414 e. The molecule has 0 bridgehead atoms. The van der Waals surface area contributed by atoms with E-state index in [2.05, 4.69) is 67.8 Å². The highest BCUT2D eigenvalue weighted by atomic mass is 16.6. The van der Waals surface area contributed by atoms with Gasteiger partial charge in [-0.3, -0.25) is 0 Å². The van der Waals surface area contributed by atoms with Gasteiger partial charge in [0.15, 0.2) is 0 Å². The summed E-state index contributed by atoms with van der Waals surface area (Å²) in [5.41, 5.74) is 5.60. The zero-order valence-electron chi connectivity index (χ0n) is 13.3. The van der Waals surface area contributed by atoms with Gasteiger partial charge in [0.05, 0.1) is 0 Å². The van der Waals surface area contributed by atoms with E-state index in [0.717, 1.165) is 31.6 Å². The van der Waals surface area contributed by atoms with Crippen LogP contribution in [0.5, 0.6) is 0 Å². The molecule has 21 heavy (non-hydrogen) atoms. The van der Waals surface area contributed by atoms with E-state index < -0.39 is 0 Å². The van der Waals surface area contributed by atoms with Gasteiger partial charge in [0, 0.05) is 30.1 Å². The first-order valence-electron chi connectivity index (χ1n) is 7.84. The normalized spacial score (nSPS) is 12.3. The fraction of sp³-hybridized carbons (Fsp3) is 0.444. The van der Waals surface area contributed by atoms with Crippen LogP contribution in [-0.2, 0) is 11.3 Å². The van der Waals surface area contributed by atoms with Gasteiger partial charge in [-0.15, -0.1) is 0 Å². The van der Waals surface area contributed by atoms with Gasteiger partial charge in [-0.2, -0.15) is 5.48 Å². The summed E-state index contributed by atoms with van der Waals surface area (Å²) in [7, 11) is 0. The molecule has 114 valence electrons. The maximum absolute atomic E-state index is 5.65. The molecule has 0 amide bonds. The molecular formula is C18H26N2O. The third-order valence-corrected chi connectivity index (χ3v) is 3.54. The summed E-state index contributed by atoms with van der Waals surface area (Å²) in [6, 6.07) is 8.39. The first-order chi connectivity index (χ1) is 10.2. The summed E-state index contributed by atoms with van der Waals surface area (Å²) in [6.07, 6.45) is 7.20. The molecule has 2 N–H and O–H groups in total. The molecule has 3 nitrogen and oxygen atoms in total. The molecule has 0 unspecified atom stereocenters.